The maximum atomic E-state index is 12.1. The lowest BCUT2D eigenvalue weighted by molar-refractivity contribution is -0.128. The molecule has 5 heteroatoms. The van der Waals surface area contributed by atoms with Crippen molar-refractivity contribution in [3.63, 3.8) is 0 Å². The van der Waals surface area contributed by atoms with E-state index in [1.54, 1.807) is 31.2 Å². The van der Waals surface area contributed by atoms with E-state index < -0.39 is 6.10 Å². The third-order valence-electron chi connectivity index (χ3n) is 3.48. The number of halogens is 2. The number of carbonyl (C=O) groups is 1. The molecule has 20 heavy (non-hydrogen) atoms. The molecular weight excluding hydrogens is 297 g/mol. The standard InChI is InChI=1S/C15H19Cl2NO2/c1-10(20-14-4-2-3-12(17)9-14)15(19)18-13-7-5-11(16)6-8-13/h2-4,9-11,13H,5-8H2,1H3,(H,18,19). The maximum absolute atomic E-state index is 12.1. The van der Waals surface area contributed by atoms with E-state index in [1.165, 1.54) is 0 Å². The van der Waals surface area contributed by atoms with E-state index in [0.29, 0.717) is 10.8 Å². The van der Waals surface area contributed by atoms with Crippen molar-refractivity contribution in [3.8, 4) is 5.75 Å². The highest BCUT2D eigenvalue weighted by molar-refractivity contribution is 6.30. The molecule has 1 aliphatic carbocycles. The molecule has 1 amide bonds. The smallest absolute Gasteiger partial charge is 0.260 e. The summed E-state index contributed by atoms with van der Waals surface area (Å²) in [6, 6.07) is 7.26. The Morgan fingerprint density at radius 3 is 2.70 bits per heavy atom. The molecule has 0 spiro atoms. The summed E-state index contributed by atoms with van der Waals surface area (Å²) in [6.45, 7) is 1.74. The van der Waals surface area contributed by atoms with Crippen molar-refractivity contribution in [1.82, 2.24) is 5.32 Å². The van der Waals surface area contributed by atoms with Crippen molar-refractivity contribution >= 4 is 29.1 Å². The van der Waals surface area contributed by atoms with Gasteiger partial charge < -0.3 is 10.1 Å². The fourth-order valence-electron chi connectivity index (χ4n) is 2.31. The van der Waals surface area contributed by atoms with Crippen LogP contribution >= 0.6 is 23.2 Å². The first-order valence-electron chi connectivity index (χ1n) is 6.91. The largest absolute Gasteiger partial charge is 0.481 e. The summed E-state index contributed by atoms with van der Waals surface area (Å²) < 4.78 is 5.60. The molecular formula is C15H19Cl2NO2. The number of rotatable bonds is 4. The molecule has 0 aliphatic heterocycles. The highest BCUT2D eigenvalue weighted by Crippen LogP contribution is 2.23. The number of nitrogens with one attached hydrogen (secondary N) is 1. The Kier molecular flexibility index (Phi) is 5.55. The van der Waals surface area contributed by atoms with Gasteiger partial charge in [0.15, 0.2) is 6.10 Å². The molecule has 3 nitrogen and oxygen atoms in total. The van der Waals surface area contributed by atoms with Gasteiger partial charge in [0.25, 0.3) is 5.91 Å². The zero-order valence-electron chi connectivity index (χ0n) is 11.4. The van der Waals surface area contributed by atoms with Crippen LogP contribution in [0.2, 0.25) is 5.02 Å². The molecule has 110 valence electrons. The molecule has 1 aliphatic rings. The number of hydrogen-bond acceptors (Lipinski definition) is 2. The van der Waals surface area contributed by atoms with E-state index in [9.17, 15) is 4.79 Å². The second kappa shape index (κ2) is 7.19. The van der Waals surface area contributed by atoms with Gasteiger partial charge in [-0.05, 0) is 50.8 Å². The van der Waals surface area contributed by atoms with Crippen molar-refractivity contribution in [2.24, 2.45) is 0 Å². The van der Waals surface area contributed by atoms with E-state index >= 15 is 0 Å². The summed E-state index contributed by atoms with van der Waals surface area (Å²) in [5.41, 5.74) is 0. The second-order valence-electron chi connectivity index (χ2n) is 5.17. The van der Waals surface area contributed by atoms with Crippen LogP contribution in [-0.4, -0.2) is 23.4 Å². The Balaban J connectivity index is 1.83. The zero-order chi connectivity index (χ0) is 14.5. The molecule has 1 atom stereocenters. The Labute approximate surface area is 129 Å². The van der Waals surface area contributed by atoms with Gasteiger partial charge in [0.1, 0.15) is 5.75 Å². The molecule has 0 saturated heterocycles. The summed E-state index contributed by atoms with van der Waals surface area (Å²) in [6.07, 6.45) is 3.24. The molecule has 1 unspecified atom stereocenters. The van der Waals surface area contributed by atoms with Gasteiger partial charge in [-0.1, -0.05) is 17.7 Å². The zero-order valence-corrected chi connectivity index (χ0v) is 13.0. The minimum Gasteiger partial charge on any atom is -0.481 e. The SMILES string of the molecule is CC(Oc1cccc(Cl)c1)C(=O)NC1CCC(Cl)CC1. The van der Waals surface area contributed by atoms with Crippen LogP contribution < -0.4 is 10.1 Å². The van der Waals surface area contributed by atoms with Gasteiger partial charge in [-0.2, -0.15) is 0 Å². The lowest BCUT2D eigenvalue weighted by atomic mass is 9.95. The van der Waals surface area contributed by atoms with E-state index in [4.69, 9.17) is 27.9 Å². The van der Waals surface area contributed by atoms with Crippen LogP contribution in [-0.2, 0) is 4.79 Å². The van der Waals surface area contributed by atoms with Crippen molar-refractivity contribution in [1.29, 1.82) is 0 Å². The van der Waals surface area contributed by atoms with Crippen molar-refractivity contribution < 1.29 is 9.53 Å². The molecule has 0 bridgehead atoms. The molecule has 0 aromatic heterocycles. The summed E-state index contributed by atoms with van der Waals surface area (Å²) in [5, 5.41) is 3.86. The first kappa shape index (κ1) is 15.5. The molecule has 1 aromatic carbocycles. The Hall–Kier alpha value is -0.930. The Bertz CT molecular complexity index is 459. The van der Waals surface area contributed by atoms with Gasteiger partial charge >= 0.3 is 0 Å². The molecule has 1 N–H and O–H groups in total. The Morgan fingerprint density at radius 1 is 1.35 bits per heavy atom. The number of alkyl halides is 1. The van der Waals surface area contributed by atoms with Crippen LogP contribution in [0, 0.1) is 0 Å². The monoisotopic (exact) mass is 315 g/mol. The predicted molar refractivity (Wildman–Crippen MR) is 81.6 cm³/mol. The highest BCUT2D eigenvalue weighted by atomic mass is 35.5. The fourth-order valence-corrected chi connectivity index (χ4v) is 2.75. The quantitative estimate of drug-likeness (QED) is 0.859. The van der Waals surface area contributed by atoms with Crippen LogP contribution in [0.1, 0.15) is 32.6 Å². The number of carbonyl (C=O) groups excluding carboxylic acids is 1. The minimum atomic E-state index is -0.540. The average molecular weight is 316 g/mol. The van der Waals surface area contributed by atoms with Gasteiger partial charge in [0, 0.05) is 16.4 Å². The van der Waals surface area contributed by atoms with E-state index in [1.807, 2.05) is 0 Å². The molecule has 0 heterocycles. The highest BCUT2D eigenvalue weighted by Gasteiger charge is 2.23. The molecule has 2 rings (SSSR count). The van der Waals surface area contributed by atoms with Gasteiger partial charge in [-0.25, -0.2) is 0 Å². The lowest BCUT2D eigenvalue weighted by Crippen LogP contribution is -2.44. The van der Waals surface area contributed by atoms with E-state index in [2.05, 4.69) is 5.32 Å². The van der Waals surface area contributed by atoms with Gasteiger partial charge in [0.2, 0.25) is 0 Å². The maximum Gasteiger partial charge on any atom is 0.260 e. The van der Waals surface area contributed by atoms with Crippen LogP contribution in [0.15, 0.2) is 24.3 Å². The molecule has 1 aromatic rings. The number of benzene rings is 1. The Morgan fingerprint density at radius 2 is 2.05 bits per heavy atom. The van der Waals surface area contributed by atoms with Crippen LogP contribution in [0.3, 0.4) is 0 Å². The number of ether oxygens (including phenoxy) is 1. The molecule has 1 saturated carbocycles. The van der Waals surface area contributed by atoms with E-state index in [0.717, 1.165) is 25.7 Å². The second-order valence-corrected chi connectivity index (χ2v) is 6.23. The first-order chi connectivity index (χ1) is 9.54. The normalized spacial score (nSPS) is 23.9. The first-order valence-corrected chi connectivity index (χ1v) is 7.72. The third kappa shape index (κ3) is 4.57. The topological polar surface area (TPSA) is 38.3 Å². The number of amides is 1. The molecule has 0 radical (unpaired) electrons. The van der Waals surface area contributed by atoms with Crippen molar-refractivity contribution in [3.05, 3.63) is 29.3 Å². The van der Waals surface area contributed by atoms with Crippen LogP contribution in [0.4, 0.5) is 0 Å². The van der Waals surface area contributed by atoms with Gasteiger partial charge in [-0.15, -0.1) is 11.6 Å². The van der Waals surface area contributed by atoms with Gasteiger partial charge in [-0.3, -0.25) is 4.79 Å². The lowest BCUT2D eigenvalue weighted by Gasteiger charge is -2.27. The third-order valence-corrected chi connectivity index (χ3v) is 4.15. The van der Waals surface area contributed by atoms with Crippen LogP contribution in [0.5, 0.6) is 5.75 Å². The summed E-state index contributed by atoms with van der Waals surface area (Å²) >= 11 is 11.9. The molecule has 1 fully saturated rings. The number of hydrogen-bond donors (Lipinski definition) is 1. The predicted octanol–water partition coefficient (Wildman–Crippen LogP) is 3.77. The van der Waals surface area contributed by atoms with Crippen molar-refractivity contribution in [2.75, 3.05) is 0 Å². The summed E-state index contributed by atoms with van der Waals surface area (Å²) in [4.78, 5) is 12.1. The van der Waals surface area contributed by atoms with Crippen LogP contribution in [0.25, 0.3) is 0 Å². The van der Waals surface area contributed by atoms with E-state index in [-0.39, 0.29) is 17.3 Å². The summed E-state index contributed by atoms with van der Waals surface area (Å²) in [5.74, 6) is 0.507. The average Bonchev–Trinajstić information content (AvgIpc) is 2.41. The van der Waals surface area contributed by atoms with Gasteiger partial charge in [0.05, 0.1) is 0 Å². The fraction of sp³-hybridized carbons (Fsp3) is 0.533. The summed E-state index contributed by atoms with van der Waals surface area (Å²) in [7, 11) is 0. The minimum absolute atomic E-state index is 0.0944. The van der Waals surface area contributed by atoms with Crippen molar-refractivity contribution in [2.45, 2.75) is 50.1 Å².